The third kappa shape index (κ3) is 4.30. The largest absolute Gasteiger partial charge is 0.337 e. The molecule has 0 aliphatic carbocycles. The molecule has 1 atom stereocenters. The van der Waals surface area contributed by atoms with Crippen LogP contribution < -0.4 is 0 Å². The van der Waals surface area contributed by atoms with Gasteiger partial charge in [-0.3, -0.25) is 9.78 Å². The molecule has 0 radical (unpaired) electrons. The summed E-state index contributed by atoms with van der Waals surface area (Å²) in [4.78, 5) is 19.4. The molecule has 0 fully saturated rings. The van der Waals surface area contributed by atoms with Crippen LogP contribution in [0, 0.1) is 11.3 Å². The molecule has 0 saturated heterocycles. The molecule has 4 nitrogen and oxygen atoms in total. The number of amides is 1. The molecule has 22 heavy (non-hydrogen) atoms. The van der Waals surface area contributed by atoms with E-state index in [0.717, 1.165) is 10.4 Å². The van der Waals surface area contributed by atoms with E-state index in [1.807, 2.05) is 25.1 Å². The van der Waals surface area contributed by atoms with E-state index >= 15 is 0 Å². The normalized spacial score (nSPS) is 11.7. The van der Waals surface area contributed by atoms with Gasteiger partial charge in [0.15, 0.2) is 0 Å². The molecule has 114 valence electrons. The van der Waals surface area contributed by atoms with Gasteiger partial charge in [-0.05, 0) is 30.7 Å². The summed E-state index contributed by atoms with van der Waals surface area (Å²) in [7, 11) is 0. The summed E-state index contributed by atoms with van der Waals surface area (Å²) in [5.74, 6) is -0.273. The van der Waals surface area contributed by atoms with E-state index in [-0.39, 0.29) is 11.8 Å². The first kappa shape index (κ1) is 16.5. The van der Waals surface area contributed by atoms with Crippen molar-refractivity contribution in [2.45, 2.75) is 25.8 Å². The van der Waals surface area contributed by atoms with Crippen molar-refractivity contribution in [1.82, 2.24) is 9.88 Å². The van der Waals surface area contributed by atoms with Gasteiger partial charge in [-0.15, -0.1) is 11.3 Å². The van der Waals surface area contributed by atoms with E-state index in [1.165, 1.54) is 11.3 Å². The minimum Gasteiger partial charge on any atom is -0.337 e. The molecule has 0 N–H and O–H groups in total. The second-order valence-corrected chi connectivity index (χ2v) is 6.64. The van der Waals surface area contributed by atoms with E-state index < -0.39 is 0 Å². The summed E-state index contributed by atoms with van der Waals surface area (Å²) in [6, 6.07) is 9.53. The molecule has 0 aromatic carbocycles. The number of aromatic nitrogens is 1. The van der Waals surface area contributed by atoms with Crippen LogP contribution in [0.15, 0.2) is 36.7 Å². The van der Waals surface area contributed by atoms with Gasteiger partial charge >= 0.3 is 0 Å². The molecule has 0 aliphatic heterocycles. The third-order valence-electron chi connectivity index (χ3n) is 3.29. The van der Waals surface area contributed by atoms with Crippen molar-refractivity contribution in [2.75, 3.05) is 6.54 Å². The zero-order valence-electron chi connectivity index (χ0n) is 12.2. The monoisotopic (exact) mass is 333 g/mol. The van der Waals surface area contributed by atoms with Crippen molar-refractivity contribution in [3.63, 3.8) is 0 Å². The summed E-state index contributed by atoms with van der Waals surface area (Å²) in [5.41, 5.74) is 0.949. The average Bonchev–Trinajstić information content (AvgIpc) is 2.97. The fourth-order valence-electron chi connectivity index (χ4n) is 2.12. The Balaban J connectivity index is 2.13. The standard InChI is InChI=1S/C16H16ClN3OS/c1-12(14-5-6-15(17)22-14)16(21)20(9-3-7-18)11-13-4-2-8-19-10-13/h2,4-6,8,10,12H,3,9,11H2,1H3. The molecule has 2 aromatic heterocycles. The van der Waals surface area contributed by atoms with E-state index in [2.05, 4.69) is 11.1 Å². The van der Waals surface area contributed by atoms with E-state index in [4.69, 9.17) is 16.9 Å². The van der Waals surface area contributed by atoms with Crippen molar-refractivity contribution >= 4 is 28.8 Å². The van der Waals surface area contributed by atoms with Crippen LogP contribution in [0.4, 0.5) is 0 Å². The fraction of sp³-hybridized carbons (Fsp3) is 0.312. The number of pyridine rings is 1. The van der Waals surface area contributed by atoms with Gasteiger partial charge in [-0.25, -0.2) is 0 Å². The summed E-state index contributed by atoms with van der Waals surface area (Å²) < 4.78 is 0.672. The number of carbonyl (C=O) groups is 1. The highest BCUT2D eigenvalue weighted by atomic mass is 35.5. The Morgan fingerprint density at radius 1 is 1.50 bits per heavy atom. The zero-order valence-corrected chi connectivity index (χ0v) is 13.8. The second-order valence-electron chi connectivity index (χ2n) is 4.89. The predicted octanol–water partition coefficient (Wildman–Crippen LogP) is 3.84. The number of nitrogens with zero attached hydrogens (tertiary/aromatic N) is 3. The van der Waals surface area contributed by atoms with Crippen LogP contribution in [0.5, 0.6) is 0 Å². The first-order chi connectivity index (χ1) is 10.6. The lowest BCUT2D eigenvalue weighted by molar-refractivity contribution is -0.132. The minimum absolute atomic E-state index is 0.00220. The topological polar surface area (TPSA) is 57.0 Å². The average molecular weight is 334 g/mol. The number of hydrogen-bond donors (Lipinski definition) is 0. The lowest BCUT2D eigenvalue weighted by Gasteiger charge is -2.24. The van der Waals surface area contributed by atoms with Crippen LogP contribution in [-0.2, 0) is 11.3 Å². The summed E-state index contributed by atoms with van der Waals surface area (Å²) in [5, 5.41) is 8.81. The summed E-state index contributed by atoms with van der Waals surface area (Å²) >= 11 is 7.36. The Morgan fingerprint density at radius 3 is 2.91 bits per heavy atom. The van der Waals surface area contributed by atoms with Gasteiger partial charge in [0.1, 0.15) is 0 Å². The van der Waals surface area contributed by atoms with Crippen molar-refractivity contribution in [3.05, 3.63) is 51.4 Å². The number of halogens is 1. The van der Waals surface area contributed by atoms with Crippen LogP contribution in [-0.4, -0.2) is 22.3 Å². The number of rotatable bonds is 6. The Kier molecular flexibility index (Phi) is 5.93. The number of carbonyl (C=O) groups excluding carboxylic acids is 1. The lowest BCUT2D eigenvalue weighted by atomic mass is 10.1. The molecule has 0 spiro atoms. The van der Waals surface area contributed by atoms with E-state index in [1.54, 1.807) is 23.4 Å². The maximum Gasteiger partial charge on any atom is 0.230 e. The Hall–Kier alpha value is -1.90. The summed E-state index contributed by atoms with van der Waals surface area (Å²) in [6.07, 6.45) is 3.74. The first-order valence-electron chi connectivity index (χ1n) is 6.91. The predicted molar refractivity (Wildman–Crippen MR) is 87.6 cm³/mol. The van der Waals surface area contributed by atoms with Crippen LogP contribution in [0.3, 0.4) is 0 Å². The molecular formula is C16H16ClN3OS. The highest BCUT2D eigenvalue weighted by Crippen LogP contribution is 2.29. The van der Waals surface area contributed by atoms with Gasteiger partial charge in [-0.1, -0.05) is 17.7 Å². The molecular weight excluding hydrogens is 318 g/mol. The van der Waals surface area contributed by atoms with Gasteiger partial charge in [-0.2, -0.15) is 5.26 Å². The zero-order chi connectivity index (χ0) is 15.9. The quantitative estimate of drug-likeness (QED) is 0.807. The number of hydrogen-bond acceptors (Lipinski definition) is 4. The first-order valence-corrected chi connectivity index (χ1v) is 8.11. The Morgan fingerprint density at radius 2 is 2.32 bits per heavy atom. The SMILES string of the molecule is CC(C(=O)N(CCC#N)Cc1cccnc1)c1ccc(Cl)s1. The Labute approximate surface area is 139 Å². The van der Waals surface area contributed by atoms with E-state index in [0.29, 0.717) is 23.8 Å². The highest BCUT2D eigenvalue weighted by molar-refractivity contribution is 7.16. The van der Waals surface area contributed by atoms with Crippen LogP contribution in [0.25, 0.3) is 0 Å². The van der Waals surface area contributed by atoms with Crippen molar-refractivity contribution in [1.29, 1.82) is 5.26 Å². The molecule has 0 bridgehead atoms. The van der Waals surface area contributed by atoms with Gasteiger partial charge in [0, 0.05) is 30.4 Å². The number of nitriles is 1. The van der Waals surface area contributed by atoms with Crippen molar-refractivity contribution in [2.24, 2.45) is 0 Å². The van der Waals surface area contributed by atoms with Gasteiger partial charge < -0.3 is 4.90 Å². The van der Waals surface area contributed by atoms with Crippen LogP contribution in [0.1, 0.15) is 29.7 Å². The molecule has 1 amide bonds. The van der Waals surface area contributed by atoms with Crippen LogP contribution >= 0.6 is 22.9 Å². The molecule has 2 rings (SSSR count). The molecule has 0 saturated carbocycles. The summed E-state index contributed by atoms with van der Waals surface area (Å²) in [6.45, 7) is 2.73. The number of thiophene rings is 1. The highest BCUT2D eigenvalue weighted by Gasteiger charge is 2.23. The van der Waals surface area contributed by atoms with Gasteiger partial charge in [0.25, 0.3) is 0 Å². The van der Waals surface area contributed by atoms with Gasteiger partial charge in [0.2, 0.25) is 5.91 Å². The minimum atomic E-state index is -0.270. The fourth-order valence-corrected chi connectivity index (χ4v) is 3.23. The molecule has 1 unspecified atom stereocenters. The third-order valence-corrected chi connectivity index (χ3v) is 4.71. The van der Waals surface area contributed by atoms with Crippen molar-refractivity contribution in [3.8, 4) is 6.07 Å². The maximum atomic E-state index is 12.7. The maximum absolute atomic E-state index is 12.7. The molecule has 2 heterocycles. The van der Waals surface area contributed by atoms with Crippen LogP contribution in [0.2, 0.25) is 4.34 Å². The Bertz CT molecular complexity index is 666. The van der Waals surface area contributed by atoms with Gasteiger partial charge in [0.05, 0.1) is 22.7 Å². The molecule has 0 aliphatic rings. The van der Waals surface area contributed by atoms with Crippen molar-refractivity contribution < 1.29 is 4.79 Å². The lowest BCUT2D eigenvalue weighted by Crippen LogP contribution is -2.34. The van der Waals surface area contributed by atoms with E-state index in [9.17, 15) is 4.79 Å². The molecule has 6 heteroatoms. The molecule has 2 aromatic rings. The smallest absolute Gasteiger partial charge is 0.230 e. The second kappa shape index (κ2) is 7.92.